The molecule has 0 radical (unpaired) electrons. The molecule has 0 spiro atoms. The monoisotopic (exact) mass is 230 g/mol. The van der Waals surface area contributed by atoms with Gasteiger partial charge in [0.2, 0.25) is 0 Å². The molecule has 1 fully saturated rings. The van der Waals surface area contributed by atoms with Gasteiger partial charge in [-0.25, -0.2) is 0 Å². The van der Waals surface area contributed by atoms with Gasteiger partial charge in [0.1, 0.15) is 0 Å². The number of nitriles is 1. The Kier molecular flexibility index (Phi) is 3.78. The van der Waals surface area contributed by atoms with Crippen LogP contribution in [0.5, 0.6) is 0 Å². The van der Waals surface area contributed by atoms with Crippen LogP contribution in [0.2, 0.25) is 0 Å². The Morgan fingerprint density at radius 2 is 2.06 bits per heavy atom. The first-order chi connectivity index (χ1) is 8.19. The van der Waals surface area contributed by atoms with E-state index in [9.17, 15) is 5.11 Å². The minimum Gasteiger partial charge on any atom is -0.393 e. The fourth-order valence-corrected chi connectivity index (χ4v) is 2.17. The molecule has 1 atom stereocenters. The van der Waals surface area contributed by atoms with E-state index in [1.54, 1.807) is 0 Å². The maximum absolute atomic E-state index is 9.20. The lowest BCUT2D eigenvalue weighted by Gasteiger charge is -2.32. The van der Waals surface area contributed by atoms with Gasteiger partial charge in [-0.15, -0.1) is 0 Å². The molecule has 1 saturated carbocycles. The molecule has 1 aromatic carbocycles. The third kappa shape index (κ3) is 3.06. The fourth-order valence-electron chi connectivity index (χ4n) is 2.17. The molecule has 17 heavy (non-hydrogen) atoms. The second-order valence-electron chi connectivity index (χ2n) is 4.86. The van der Waals surface area contributed by atoms with Crippen molar-refractivity contribution in [1.82, 2.24) is 5.32 Å². The lowest BCUT2D eigenvalue weighted by molar-refractivity contribution is 0.0420. The average Bonchev–Trinajstić information content (AvgIpc) is 2.33. The number of aliphatic hydroxyl groups excluding tert-OH is 1. The molecule has 2 N–H and O–H groups in total. The Labute approximate surface area is 102 Å². The number of benzene rings is 1. The molecule has 1 aliphatic carbocycles. The van der Waals surface area contributed by atoms with E-state index in [1.165, 1.54) is 5.56 Å². The van der Waals surface area contributed by atoms with Crippen LogP contribution in [0.4, 0.5) is 0 Å². The van der Waals surface area contributed by atoms with Crippen molar-refractivity contribution in [2.24, 2.45) is 5.92 Å². The van der Waals surface area contributed by atoms with Crippen molar-refractivity contribution in [3.63, 3.8) is 0 Å². The zero-order chi connectivity index (χ0) is 12.3. The van der Waals surface area contributed by atoms with Gasteiger partial charge < -0.3 is 10.4 Å². The highest BCUT2D eigenvalue weighted by Crippen LogP contribution is 2.27. The predicted molar refractivity (Wildman–Crippen MR) is 66.3 cm³/mol. The summed E-state index contributed by atoms with van der Waals surface area (Å²) in [5.41, 5.74) is 1.90. The predicted octanol–water partition coefficient (Wildman–Crippen LogP) is 1.98. The molecule has 0 saturated heterocycles. The first-order valence-corrected chi connectivity index (χ1v) is 6.10. The van der Waals surface area contributed by atoms with Crippen LogP contribution in [0.25, 0.3) is 0 Å². The van der Waals surface area contributed by atoms with Gasteiger partial charge in [-0.2, -0.15) is 5.26 Å². The van der Waals surface area contributed by atoms with Gasteiger partial charge in [0.05, 0.1) is 17.7 Å². The van der Waals surface area contributed by atoms with Crippen LogP contribution in [-0.4, -0.2) is 17.8 Å². The smallest absolute Gasteiger partial charge is 0.0991 e. The Morgan fingerprint density at radius 1 is 1.41 bits per heavy atom. The van der Waals surface area contributed by atoms with E-state index < -0.39 is 0 Å². The number of nitrogens with one attached hydrogen (secondary N) is 1. The summed E-state index contributed by atoms with van der Waals surface area (Å²) >= 11 is 0. The van der Waals surface area contributed by atoms with E-state index in [-0.39, 0.29) is 6.10 Å². The second kappa shape index (κ2) is 5.31. The maximum Gasteiger partial charge on any atom is 0.0991 e. The molecular weight excluding hydrogens is 212 g/mol. The molecule has 3 nitrogen and oxygen atoms in total. The summed E-state index contributed by atoms with van der Waals surface area (Å²) < 4.78 is 0. The van der Waals surface area contributed by atoms with E-state index in [2.05, 4.69) is 18.3 Å². The van der Waals surface area contributed by atoms with Crippen LogP contribution in [0.1, 0.15) is 36.9 Å². The Bertz CT molecular complexity index is 401. The minimum atomic E-state index is -0.0768. The van der Waals surface area contributed by atoms with Crippen LogP contribution in [0.3, 0.4) is 0 Å². The molecule has 2 rings (SSSR count). The van der Waals surface area contributed by atoms with E-state index >= 15 is 0 Å². The summed E-state index contributed by atoms with van der Waals surface area (Å²) in [4.78, 5) is 0. The number of hydrogen-bond acceptors (Lipinski definition) is 3. The van der Waals surface area contributed by atoms with E-state index in [1.807, 2.05) is 24.3 Å². The van der Waals surface area contributed by atoms with Crippen LogP contribution in [-0.2, 0) is 0 Å². The van der Waals surface area contributed by atoms with Crippen LogP contribution < -0.4 is 5.32 Å². The van der Waals surface area contributed by atoms with Gasteiger partial charge in [-0.1, -0.05) is 12.1 Å². The topological polar surface area (TPSA) is 56.0 Å². The molecule has 1 unspecified atom stereocenters. The zero-order valence-electron chi connectivity index (χ0n) is 10.1. The van der Waals surface area contributed by atoms with Crippen molar-refractivity contribution in [2.75, 3.05) is 6.54 Å². The Morgan fingerprint density at radius 3 is 2.59 bits per heavy atom. The van der Waals surface area contributed by atoms with Gasteiger partial charge in [-0.05, 0) is 49.9 Å². The molecule has 0 bridgehead atoms. The van der Waals surface area contributed by atoms with E-state index in [0.29, 0.717) is 17.5 Å². The molecular formula is C14H18N2O. The van der Waals surface area contributed by atoms with Crippen LogP contribution in [0.15, 0.2) is 24.3 Å². The standard InChI is InChI=1S/C14H18N2O/c1-10(16-9-12-6-14(17)7-12)13-4-2-11(8-15)3-5-13/h2-5,10,12,14,16-17H,6-7,9H2,1H3. The molecule has 1 aliphatic rings. The summed E-state index contributed by atoms with van der Waals surface area (Å²) in [7, 11) is 0. The quantitative estimate of drug-likeness (QED) is 0.831. The van der Waals surface area contributed by atoms with Gasteiger partial charge in [0.15, 0.2) is 0 Å². The van der Waals surface area contributed by atoms with E-state index in [4.69, 9.17) is 5.26 Å². The van der Waals surface area contributed by atoms with Gasteiger partial charge >= 0.3 is 0 Å². The summed E-state index contributed by atoms with van der Waals surface area (Å²) in [6.07, 6.45) is 1.77. The summed E-state index contributed by atoms with van der Waals surface area (Å²) in [6.45, 7) is 3.08. The van der Waals surface area contributed by atoms with Gasteiger partial charge in [-0.3, -0.25) is 0 Å². The molecule has 0 aliphatic heterocycles. The largest absolute Gasteiger partial charge is 0.393 e. The summed E-state index contributed by atoms with van der Waals surface area (Å²) in [5, 5.41) is 21.4. The highest BCUT2D eigenvalue weighted by molar-refractivity contribution is 5.32. The van der Waals surface area contributed by atoms with Crippen molar-refractivity contribution < 1.29 is 5.11 Å². The molecule has 0 heterocycles. The van der Waals surface area contributed by atoms with Crippen LogP contribution >= 0.6 is 0 Å². The third-order valence-electron chi connectivity index (χ3n) is 3.46. The summed E-state index contributed by atoms with van der Waals surface area (Å²) in [6, 6.07) is 10.1. The molecule has 0 aromatic heterocycles. The number of aliphatic hydroxyl groups is 1. The van der Waals surface area contributed by atoms with Crippen molar-refractivity contribution in [1.29, 1.82) is 5.26 Å². The normalized spacial score (nSPS) is 24.8. The van der Waals surface area contributed by atoms with Crippen molar-refractivity contribution in [3.8, 4) is 6.07 Å². The number of rotatable bonds is 4. The average molecular weight is 230 g/mol. The lowest BCUT2D eigenvalue weighted by Crippen LogP contribution is -2.36. The fraction of sp³-hybridized carbons (Fsp3) is 0.500. The number of nitrogens with zero attached hydrogens (tertiary/aromatic N) is 1. The van der Waals surface area contributed by atoms with Crippen molar-refractivity contribution in [3.05, 3.63) is 35.4 Å². The molecule has 3 heteroatoms. The first kappa shape index (κ1) is 12.1. The number of hydrogen-bond donors (Lipinski definition) is 2. The van der Waals surface area contributed by atoms with Gasteiger partial charge in [0.25, 0.3) is 0 Å². The Balaban J connectivity index is 1.82. The molecule has 1 aromatic rings. The van der Waals surface area contributed by atoms with E-state index in [0.717, 1.165) is 19.4 Å². The zero-order valence-corrected chi connectivity index (χ0v) is 10.1. The van der Waals surface area contributed by atoms with Crippen molar-refractivity contribution >= 4 is 0 Å². The van der Waals surface area contributed by atoms with Crippen LogP contribution in [0, 0.1) is 17.2 Å². The highest BCUT2D eigenvalue weighted by atomic mass is 16.3. The first-order valence-electron chi connectivity index (χ1n) is 6.10. The minimum absolute atomic E-state index is 0.0768. The lowest BCUT2D eigenvalue weighted by atomic mass is 9.82. The molecule has 90 valence electrons. The van der Waals surface area contributed by atoms with Crippen molar-refractivity contribution in [2.45, 2.75) is 31.9 Å². The SMILES string of the molecule is CC(NCC1CC(O)C1)c1ccc(C#N)cc1. The highest BCUT2D eigenvalue weighted by Gasteiger charge is 2.26. The Hall–Kier alpha value is -1.37. The summed E-state index contributed by atoms with van der Waals surface area (Å²) in [5.74, 6) is 0.617. The molecule has 0 amide bonds. The second-order valence-corrected chi connectivity index (χ2v) is 4.86. The third-order valence-corrected chi connectivity index (χ3v) is 3.46. The van der Waals surface area contributed by atoms with Gasteiger partial charge in [0, 0.05) is 6.04 Å². The maximum atomic E-state index is 9.20.